The lowest BCUT2D eigenvalue weighted by molar-refractivity contribution is -0.141. The Labute approximate surface area is 181 Å². The minimum absolute atomic E-state index is 0.0174. The number of nitrogens with two attached hydrogens (primary N) is 1. The van der Waals surface area contributed by atoms with Crippen LogP contribution in [0.25, 0.3) is 10.8 Å². The molecule has 0 aliphatic rings. The van der Waals surface area contributed by atoms with Gasteiger partial charge in [0.1, 0.15) is 5.82 Å². The van der Waals surface area contributed by atoms with Crippen molar-refractivity contribution in [1.29, 1.82) is 0 Å². The molecule has 156 valence electrons. The van der Waals surface area contributed by atoms with E-state index in [1.165, 1.54) is 23.9 Å². The van der Waals surface area contributed by atoms with Crippen LogP contribution in [-0.4, -0.2) is 26.7 Å². The predicted octanol–water partition coefficient (Wildman–Crippen LogP) is 4.33. The van der Waals surface area contributed by atoms with Crippen molar-refractivity contribution in [2.75, 3.05) is 16.8 Å². The number of ether oxygens (including phenoxy) is 1. The number of carbonyl (C=O) groups is 1. The molecular weight excluding hydrogens is 417 g/mol. The summed E-state index contributed by atoms with van der Waals surface area (Å²) in [6, 6.07) is 19.8. The Bertz CT molecular complexity index is 1220. The molecule has 0 saturated carbocycles. The predicted molar refractivity (Wildman–Crippen MR) is 118 cm³/mol. The zero-order chi connectivity index (χ0) is 21.6. The molecule has 3 aromatic carbocycles. The number of thioether (sulfide) groups is 1. The zero-order valence-electron chi connectivity index (χ0n) is 16.3. The van der Waals surface area contributed by atoms with Crippen LogP contribution in [0, 0.1) is 5.82 Å². The average molecular weight is 435 g/mol. The van der Waals surface area contributed by atoms with Crippen LogP contribution in [0.3, 0.4) is 0 Å². The highest BCUT2D eigenvalue weighted by Crippen LogP contribution is 2.23. The molecule has 0 radical (unpaired) electrons. The number of esters is 1. The number of hydrogen-bond acceptors (Lipinski definition) is 8. The fraction of sp³-hybridized carbons (Fsp3) is 0.0909. The van der Waals surface area contributed by atoms with Crippen molar-refractivity contribution >= 4 is 46.1 Å². The molecule has 3 N–H and O–H groups in total. The monoisotopic (exact) mass is 435 g/mol. The number of halogens is 1. The molecule has 0 aliphatic carbocycles. The van der Waals surface area contributed by atoms with Gasteiger partial charge in [-0.1, -0.05) is 30.3 Å². The summed E-state index contributed by atoms with van der Waals surface area (Å²) in [5.74, 6) is -0.229. The molecule has 1 heterocycles. The van der Waals surface area contributed by atoms with E-state index in [-0.39, 0.29) is 35.9 Å². The Morgan fingerprint density at radius 2 is 1.77 bits per heavy atom. The SMILES string of the molecule is Nc1nc(COC(=O)CSc2ccc3ccccc3c2)nc(Nc2ccc(F)cc2)n1. The molecule has 0 bridgehead atoms. The van der Waals surface area contributed by atoms with Crippen molar-refractivity contribution in [2.24, 2.45) is 0 Å². The second kappa shape index (κ2) is 9.40. The van der Waals surface area contributed by atoms with Crippen molar-refractivity contribution in [2.45, 2.75) is 11.5 Å². The number of rotatable bonds is 7. The first-order chi connectivity index (χ1) is 15.0. The molecule has 1 aromatic heterocycles. The van der Waals surface area contributed by atoms with E-state index in [1.54, 1.807) is 12.1 Å². The van der Waals surface area contributed by atoms with E-state index in [1.807, 2.05) is 42.5 Å². The largest absolute Gasteiger partial charge is 0.457 e. The standard InChI is InChI=1S/C22H18FN5O2S/c23-16-6-8-17(9-7-16)25-22-27-19(26-21(24)28-22)12-30-20(29)13-31-18-10-5-14-3-1-2-4-15(14)11-18/h1-11H,12-13H2,(H3,24,25,26,27,28). The molecule has 4 aromatic rings. The number of nitrogens with zero attached hydrogens (tertiary/aromatic N) is 3. The van der Waals surface area contributed by atoms with E-state index in [0.29, 0.717) is 5.69 Å². The Morgan fingerprint density at radius 1 is 1.00 bits per heavy atom. The Kier molecular flexibility index (Phi) is 6.23. The topological polar surface area (TPSA) is 103 Å². The zero-order valence-corrected chi connectivity index (χ0v) is 17.1. The van der Waals surface area contributed by atoms with Crippen molar-refractivity contribution < 1.29 is 13.9 Å². The smallest absolute Gasteiger partial charge is 0.316 e. The van der Waals surface area contributed by atoms with Gasteiger partial charge >= 0.3 is 5.97 Å². The van der Waals surface area contributed by atoms with Gasteiger partial charge in [0.05, 0.1) is 5.75 Å². The van der Waals surface area contributed by atoms with Gasteiger partial charge < -0.3 is 15.8 Å². The van der Waals surface area contributed by atoms with Crippen LogP contribution in [0.2, 0.25) is 0 Å². The van der Waals surface area contributed by atoms with E-state index in [0.717, 1.165) is 15.7 Å². The summed E-state index contributed by atoms with van der Waals surface area (Å²) in [7, 11) is 0. The average Bonchev–Trinajstić information content (AvgIpc) is 2.77. The number of anilines is 3. The van der Waals surface area contributed by atoms with Crippen LogP contribution in [0.15, 0.2) is 71.6 Å². The third-order valence-electron chi connectivity index (χ3n) is 4.24. The summed E-state index contributed by atoms with van der Waals surface area (Å²) in [6.45, 7) is -0.137. The van der Waals surface area contributed by atoms with Gasteiger partial charge in [0.25, 0.3) is 0 Å². The normalized spacial score (nSPS) is 10.7. The van der Waals surface area contributed by atoms with E-state index in [2.05, 4.69) is 20.3 Å². The first-order valence-corrected chi connectivity index (χ1v) is 10.3. The van der Waals surface area contributed by atoms with Crippen molar-refractivity contribution in [1.82, 2.24) is 15.0 Å². The molecular formula is C22H18FN5O2S. The van der Waals surface area contributed by atoms with Crippen molar-refractivity contribution in [3.8, 4) is 0 Å². The highest BCUT2D eigenvalue weighted by Gasteiger charge is 2.10. The number of fused-ring (bicyclic) bond motifs is 1. The van der Waals surface area contributed by atoms with E-state index < -0.39 is 5.97 Å². The van der Waals surface area contributed by atoms with Gasteiger partial charge in [0, 0.05) is 10.6 Å². The van der Waals surface area contributed by atoms with Gasteiger partial charge in [-0.15, -0.1) is 11.8 Å². The molecule has 31 heavy (non-hydrogen) atoms. The maximum Gasteiger partial charge on any atom is 0.316 e. The summed E-state index contributed by atoms with van der Waals surface area (Å²) in [5, 5.41) is 5.17. The molecule has 4 rings (SSSR count). The second-order valence-electron chi connectivity index (χ2n) is 6.52. The lowest BCUT2D eigenvalue weighted by Crippen LogP contribution is -2.12. The Balaban J connectivity index is 1.33. The lowest BCUT2D eigenvalue weighted by atomic mass is 10.1. The Hall–Kier alpha value is -3.72. The maximum absolute atomic E-state index is 13.0. The van der Waals surface area contributed by atoms with E-state index in [4.69, 9.17) is 10.5 Å². The third-order valence-corrected chi connectivity index (χ3v) is 5.21. The van der Waals surface area contributed by atoms with Crippen LogP contribution < -0.4 is 11.1 Å². The third kappa shape index (κ3) is 5.67. The summed E-state index contributed by atoms with van der Waals surface area (Å²) < 4.78 is 18.3. The van der Waals surface area contributed by atoms with E-state index in [9.17, 15) is 9.18 Å². The van der Waals surface area contributed by atoms with Crippen LogP contribution >= 0.6 is 11.8 Å². The van der Waals surface area contributed by atoms with Crippen molar-refractivity contribution in [3.05, 3.63) is 78.4 Å². The first-order valence-electron chi connectivity index (χ1n) is 9.35. The lowest BCUT2D eigenvalue weighted by Gasteiger charge is -2.08. The molecule has 0 unspecified atom stereocenters. The minimum atomic E-state index is -0.398. The number of nitrogens with one attached hydrogen (secondary N) is 1. The van der Waals surface area contributed by atoms with Gasteiger partial charge in [-0.3, -0.25) is 4.79 Å². The molecule has 0 saturated heterocycles. The van der Waals surface area contributed by atoms with Gasteiger partial charge in [0.15, 0.2) is 12.4 Å². The molecule has 0 aliphatic heterocycles. The number of benzene rings is 3. The quantitative estimate of drug-likeness (QED) is 0.327. The highest BCUT2D eigenvalue weighted by atomic mass is 32.2. The van der Waals surface area contributed by atoms with Crippen LogP contribution in [0.4, 0.5) is 22.0 Å². The molecule has 0 fully saturated rings. The molecule has 7 nitrogen and oxygen atoms in total. The highest BCUT2D eigenvalue weighted by molar-refractivity contribution is 8.00. The fourth-order valence-electron chi connectivity index (χ4n) is 2.81. The van der Waals surface area contributed by atoms with Gasteiger partial charge in [-0.25, -0.2) is 4.39 Å². The summed E-state index contributed by atoms with van der Waals surface area (Å²) in [5.41, 5.74) is 6.30. The first kappa shape index (κ1) is 20.5. The van der Waals surface area contributed by atoms with Gasteiger partial charge in [0.2, 0.25) is 11.9 Å². The molecule has 0 atom stereocenters. The fourth-order valence-corrected chi connectivity index (χ4v) is 3.55. The number of carbonyl (C=O) groups excluding carboxylic acids is 1. The van der Waals surface area contributed by atoms with Crippen molar-refractivity contribution in [3.63, 3.8) is 0 Å². The minimum Gasteiger partial charge on any atom is -0.457 e. The number of aromatic nitrogens is 3. The molecule has 9 heteroatoms. The molecule has 0 amide bonds. The number of nitrogen functional groups attached to an aromatic ring is 1. The summed E-state index contributed by atoms with van der Waals surface area (Å²) in [4.78, 5) is 25.3. The van der Waals surface area contributed by atoms with Crippen LogP contribution in [-0.2, 0) is 16.1 Å². The maximum atomic E-state index is 13.0. The molecule has 0 spiro atoms. The van der Waals surface area contributed by atoms with Crippen LogP contribution in [0.5, 0.6) is 0 Å². The number of hydrogen-bond donors (Lipinski definition) is 2. The second-order valence-corrected chi connectivity index (χ2v) is 7.57. The Morgan fingerprint density at radius 3 is 2.58 bits per heavy atom. The summed E-state index contributed by atoms with van der Waals surface area (Å²) in [6.07, 6.45) is 0. The van der Waals surface area contributed by atoms with Crippen LogP contribution in [0.1, 0.15) is 5.82 Å². The van der Waals surface area contributed by atoms with Gasteiger partial charge in [-0.2, -0.15) is 15.0 Å². The van der Waals surface area contributed by atoms with Gasteiger partial charge in [-0.05, 0) is 47.2 Å². The summed E-state index contributed by atoms with van der Waals surface area (Å²) >= 11 is 1.39. The van der Waals surface area contributed by atoms with E-state index >= 15 is 0 Å².